The van der Waals surface area contributed by atoms with Gasteiger partial charge in [-0.25, -0.2) is 0 Å². The molecule has 0 unspecified atom stereocenters. The van der Waals surface area contributed by atoms with E-state index < -0.39 is 5.79 Å². The average molecular weight is 146 g/mol. The second kappa shape index (κ2) is 3.88. The summed E-state index contributed by atoms with van der Waals surface area (Å²) in [6.07, 6.45) is 0. The molecule has 0 aliphatic rings. The Hall–Kier alpha value is -0.160. The van der Waals surface area contributed by atoms with Crippen LogP contribution in [0.1, 0.15) is 13.8 Å². The summed E-state index contributed by atoms with van der Waals surface area (Å²) >= 11 is 0. The third-order valence-corrected chi connectivity index (χ3v) is 1.68. The van der Waals surface area contributed by atoms with E-state index in [1.807, 2.05) is 18.7 Å². The van der Waals surface area contributed by atoms with Gasteiger partial charge in [-0.1, -0.05) is 13.8 Å². The zero-order chi connectivity index (χ0) is 8.20. The Morgan fingerprint density at radius 2 is 1.60 bits per heavy atom. The zero-order valence-electron chi connectivity index (χ0n) is 6.80. The SMILES string of the molecule is CCN(CC)C(N)(N)CN. The van der Waals surface area contributed by atoms with E-state index >= 15 is 0 Å². The molecule has 0 bridgehead atoms. The maximum atomic E-state index is 5.66. The van der Waals surface area contributed by atoms with Crippen LogP contribution in [-0.2, 0) is 0 Å². The Balaban J connectivity index is 3.97. The van der Waals surface area contributed by atoms with Crippen molar-refractivity contribution >= 4 is 0 Å². The first kappa shape index (κ1) is 9.84. The van der Waals surface area contributed by atoms with Gasteiger partial charge in [0.15, 0.2) is 0 Å². The molecular weight excluding hydrogens is 128 g/mol. The highest BCUT2D eigenvalue weighted by Gasteiger charge is 2.22. The molecule has 0 fully saturated rings. The molecule has 0 aliphatic heterocycles. The molecule has 0 radical (unpaired) electrons. The monoisotopic (exact) mass is 146 g/mol. The van der Waals surface area contributed by atoms with E-state index in [0.29, 0.717) is 0 Å². The van der Waals surface area contributed by atoms with Crippen LogP contribution in [0.3, 0.4) is 0 Å². The fourth-order valence-corrected chi connectivity index (χ4v) is 0.941. The highest BCUT2D eigenvalue weighted by molar-refractivity contribution is 4.77. The summed E-state index contributed by atoms with van der Waals surface area (Å²) < 4.78 is 0. The predicted molar refractivity (Wildman–Crippen MR) is 43.1 cm³/mol. The van der Waals surface area contributed by atoms with Crippen LogP contribution < -0.4 is 17.2 Å². The number of nitrogens with two attached hydrogens (primary N) is 3. The molecule has 4 heteroatoms. The van der Waals surface area contributed by atoms with Gasteiger partial charge in [0.25, 0.3) is 0 Å². The van der Waals surface area contributed by atoms with Crippen molar-refractivity contribution in [1.82, 2.24) is 4.90 Å². The zero-order valence-corrected chi connectivity index (χ0v) is 6.80. The van der Waals surface area contributed by atoms with Crippen molar-refractivity contribution in [2.75, 3.05) is 19.6 Å². The van der Waals surface area contributed by atoms with Crippen molar-refractivity contribution in [3.63, 3.8) is 0 Å². The fraction of sp³-hybridized carbons (Fsp3) is 1.00. The fourth-order valence-electron chi connectivity index (χ4n) is 0.941. The summed E-state index contributed by atoms with van der Waals surface area (Å²) in [7, 11) is 0. The Morgan fingerprint density at radius 3 is 1.70 bits per heavy atom. The smallest absolute Gasteiger partial charge is 0.133 e. The van der Waals surface area contributed by atoms with Crippen LogP contribution in [0.2, 0.25) is 0 Å². The number of likely N-dealkylation sites (N-methyl/N-ethyl adjacent to an activating group) is 1. The third kappa shape index (κ3) is 2.22. The molecule has 0 aromatic rings. The Labute approximate surface area is 62.3 Å². The van der Waals surface area contributed by atoms with Crippen LogP contribution >= 0.6 is 0 Å². The topological polar surface area (TPSA) is 81.3 Å². The quantitative estimate of drug-likeness (QED) is 0.438. The molecule has 0 amide bonds. The first-order valence-electron chi connectivity index (χ1n) is 3.61. The maximum Gasteiger partial charge on any atom is 0.133 e. The van der Waals surface area contributed by atoms with Crippen molar-refractivity contribution in [3.8, 4) is 0 Å². The van der Waals surface area contributed by atoms with Crippen molar-refractivity contribution in [2.24, 2.45) is 17.2 Å². The molecule has 0 saturated carbocycles. The largest absolute Gasteiger partial charge is 0.326 e. The number of hydrogen-bond donors (Lipinski definition) is 3. The summed E-state index contributed by atoms with van der Waals surface area (Å²) in [5.74, 6) is -0.830. The van der Waals surface area contributed by atoms with E-state index in [1.165, 1.54) is 0 Å². The van der Waals surface area contributed by atoms with Gasteiger partial charge in [-0.2, -0.15) is 0 Å². The minimum atomic E-state index is -0.830. The van der Waals surface area contributed by atoms with E-state index in [4.69, 9.17) is 17.2 Å². The Bertz CT molecular complexity index is 87.7. The summed E-state index contributed by atoms with van der Waals surface area (Å²) in [4.78, 5) is 1.92. The molecule has 4 nitrogen and oxygen atoms in total. The van der Waals surface area contributed by atoms with E-state index in [-0.39, 0.29) is 6.54 Å². The van der Waals surface area contributed by atoms with Crippen LogP contribution in [0.5, 0.6) is 0 Å². The van der Waals surface area contributed by atoms with Crippen molar-refractivity contribution < 1.29 is 0 Å². The molecule has 0 aromatic heterocycles. The van der Waals surface area contributed by atoms with Crippen molar-refractivity contribution in [3.05, 3.63) is 0 Å². The highest BCUT2D eigenvalue weighted by atomic mass is 15.4. The van der Waals surface area contributed by atoms with Gasteiger partial charge < -0.3 is 5.73 Å². The van der Waals surface area contributed by atoms with Gasteiger partial charge in [0.1, 0.15) is 5.79 Å². The first-order valence-corrected chi connectivity index (χ1v) is 3.61. The molecule has 0 aliphatic carbocycles. The highest BCUT2D eigenvalue weighted by Crippen LogP contribution is 1.97. The van der Waals surface area contributed by atoms with Gasteiger partial charge in [0, 0.05) is 6.54 Å². The van der Waals surface area contributed by atoms with E-state index in [0.717, 1.165) is 13.1 Å². The van der Waals surface area contributed by atoms with Crippen LogP contribution in [0, 0.1) is 0 Å². The summed E-state index contributed by atoms with van der Waals surface area (Å²) in [6, 6.07) is 0. The third-order valence-electron chi connectivity index (χ3n) is 1.68. The van der Waals surface area contributed by atoms with Crippen LogP contribution in [0.25, 0.3) is 0 Å². The van der Waals surface area contributed by atoms with Crippen LogP contribution in [0.4, 0.5) is 0 Å². The standard InChI is InChI=1S/C6H18N4/c1-3-10(4-2)6(8,9)5-7/h3-5,7-9H2,1-2H3. The van der Waals surface area contributed by atoms with Gasteiger partial charge in [-0.3, -0.25) is 16.4 Å². The number of rotatable bonds is 4. The molecule has 0 heterocycles. The van der Waals surface area contributed by atoms with Gasteiger partial charge in [-0.05, 0) is 13.1 Å². The summed E-state index contributed by atoms with van der Waals surface area (Å²) in [6.45, 7) is 5.97. The van der Waals surface area contributed by atoms with Crippen LogP contribution in [-0.4, -0.2) is 30.3 Å². The maximum absolute atomic E-state index is 5.66. The van der Waals surface area contributed by atoms with Gasteiger partial charge in [-0.15, -0.1) is 0 Å². The van der Waals surface area contributed by atoms with Crippen molar-refractivity contribution in [1.29, 1.82) is 0 Å². The van der Waals surface area contributed by atoms with E-state index in [9.17, 15) is 0 Å². The number of hydrogen-bond acceptors (Lipinski definition) is 4. The first-order chi connectivity index (χ1) is 4.58. The van der Waals surface area contributed by atoms with E-state index in [2.05, 4.69) is 0 Å². The number of nitrogens with zero attached hydrogens (tertiary/aromatic N) is 1. The molecule has 0 rings (SSSR count). The lowest BCUT2D eigenvalue weighted by Crippen LogP contribution is -2.67. The Kier molecular flexibility index (Phi) is 3.81. The van der Waals surface area contributed by atoms with Crippen molar-refractivity contribution in [2.45, 2.75) is 19.6 Å². The lowest BCUT2D eigenvalue weighted by Gasteiger charge is -2.35. The lowest BCUT2D eigenvalue weighted by molar-refractivity contribution is 0.119. The second-order valence-corrected chi connectivity index (χ2v) is 2.37. The minimum Gasteiger partial charge on any atom is -0.326 e. The molecule has 0 saturated heterocycles. The minimum absolute atomic E-state index is 0.286. The molecule has 6 N–H and O–H groups in total. The second-order valence-electron chi connectivity index (χ2n) is 2.37. The van der Waals surface area contributed by atoms with Gasteiger partial charge in [0.05, 0.1) is 0 Å². The molecule has 0 aromatic carbocycles. The predicted octanol–water partition coefficient (Wildman–Crippen LogP) is -1.14. The molecule has 0 spiro atoms. The summed E-state index contributed by atoms with van der Waals surface area (Å²) in [5.41, 5.74) is 16.7. The summed E-state index contributed by atoms with van der Waals surface area (Å²) in [5, 5.41) is 0. The van der Waals surface area contributed by atoms with Gasteiger partial charge in [0.2, 0.25) is 0 Å². The molecule has 0 atom stereocenters. The molecular formula is C6H18N4. The molecule has 10 heavy (non-hydrogen) atoms. The van der Waals surface area contributed by atoms with Crippen LogP contribution in [0.15, 0.2) is 0 Å². The van der Waals surface area contributed by atoms with E-state index in [1.54, 1.807) is 0 Å². The normalized spacial score (nSPS) is 12.6. The lowest BCUT2D eigenvalue weighted by atomic mass is 10.3. The molecule has 62 valence electrons. The Morgan fingerprint density at radius 1 is 1.20 bits per heavy atom. The van der Waals surface area contributed by atoms with Gasteiger partial charge >= 0.3 is 0 Å². The average Bonchev–Trinajstić information content (AvgIpc) is 1.90.